The highest BCUT2D eigenvalue weighted by molar-refractivity contribution is 7.90. The number of nitrogens with two attached hydrogens (primary N) is 1. The first-order valence-corrected chi connectivity index (χ1v) is 7.14. The monoisotopic (exact) mass is 217 g/mol. The molecule has 0 saturated heterocycles. The number of sulfone groups is 1. The van der Waals surface area contributed by atoms with Gasteiger partial charge in [0.1, 0.15) is 9.84 Å². The van der Waals surface area contributed by atoms with Crippen LogP contribution in [0.1, 0.15) is 32.1 Å². The minimum Gasteiger partial charge on any atom is -0.327 e. The van der Waals surface area contributed by atoms with Crippen molar-refractivity contribution in [2.75, 3.05) is 12.0 Å². The van der Waals surface area contributed by atoms with E-state index >= 15 is 0 Å². The fourth-order valence-corrected chi connectivity index (χ4v) is 2.34. The van der Waals surface area contributed by atoms with Crippen LogP contribution in [0.4, 0.5) is 0 Å². The van der Waals surface area contributed by atoms with Crippen LogP contribution in [0.2, 0.25) is 0 Å². The fraction of sp³-hybridized carbons (Fsp3) is 0.800. The number of allylic oxidation sites excluding steroid dienone is 1. The van der Waals surface area contributed by atoms with Gasteiger partial charge in [0.15, 0.2) is 0 Å². The molecule has 0 amide bonds. The van der Waals surface area contributed by atoms with Crippen LogP contribution in [0.3, 0.4) is 0 Å². The summed E-state index contributed by atoms with van der Waals surface area (Å²) in [6.07, 6.45) is 8.26. The quantitative estimate of drug-likeness (QED) is 0.724. The van der Waals surface area contributed by atoms with Crippen LogP contribution in [0, 0.1) is 0 Å². The summed E-state index contributed by atoms with van der Waals surface area (Å²) in [5, 5.41) is 0. The topological polar surface area (TPSA) is 60.2 Å². The van der Waals surface area contributed by atoms with Gasteiger partial charge >= 0.3 is 0 Å². The molecule has 0 aliphatic heterocycles. The highest BCUT2D eigenvalue weighted by Gasteiger charge is 2.12. The van der Waals surface area contributed by atoms with E-state index in [1.54, 1.807) is 0 Å². The third-order valence-corrected chi connectivity index (χ3v) is 3.50. The van der Waals surface area contributed by atoms with Crippen LogP contribution in [0.5, 0.6) is 0 Å². The Balaban J connectivity index is 2.37. The molecule has 0 aromatic heterocycles. The maximum absolute atomic E-state index is 10.9. The molecule has 1 rings (SSSR count). The molecule has 1 fully saturated rings. The summed E-state index contributed by atoms with van der Waals surface area (Å²) in [6, 6.07) is 0.285. The first-order valence-electron chi connectivity index (χ1n) is 5.08. The first kappa shape index (κ1) is 11.7. The van der Waals surface area contributed by atoms with Crippen LogP contribution in [-0.4, -0.2) is 26.5 Å². The van der Waals surface area contributed by atoms with Gasteiger partial charge in [-0.1, -0.05) is 11.6 Å². The van der Waals surface area contributed by atoms with Crippen molar-refractivity contribution in [1.82, 2.24) is 0 Å². The van der Waals surface area contributed by atoms with E-state index in [2.05, 4.69) is 6.08 Å². The normalized spacial score (nSPS) is 26.7. The van der Waals surface area contributed by atoms with Crippen molar-refractivity contribution in [1.29, 1.82) is 0 Å². The largest absolute Gasteiger partial charge is 0.327 e. The average molecular weight is 217 g/mol. The summed E-state index contributed by atoms with van der Waals surface area (Å²) in [6.45, 7) is 0. The molecule has 0 heterocycles. The van der Waals surface area contributed by atoms with Crippen molar-refractivity contribution in [2.45, 2.75) is 38.1 Å². The Bertz CT molecular complexity index is 306. The summed E-state index contributed by atoms with van der Waals surface area (Å²) in [4.78, 5) is 0. The van der Waals surface area contributed by atoms with Gasteiger partial charge in [-0.2, -0.15) is 0 Å². The smallest absolute Gasteiger partial charge is 0.147 e. The lowest BCUT2D eigenvalue weighted by Crippen LogP contribution is -2.23. The van der Waals surface area contributed by atoms with Crippen molar-refractivity contribution in [3.63, 3.8) is 0 Å². The van der Waals surface area contributed by atoms with Gasteiger partial charge in [0.25, 0.3) is 0 Å². The van der Waals surface area contributed by atoms with Crippen LogP contribution in [0.25, 0.3) is 0 Å². The molecular formula is C10H19NO2S. The molecule has 4 heteroatoms. The Morgan fingerprint density at radius 3 is 2.86 bits per heavy atom. The standard InChI is InChI=1S/C10H19NO2S/c1-14(12,13)7-3-5-9-4-2-6-10(11)8-9/h5,10H,2-4,6-8,11H2,1H3. The van der Waals surface area contributed by atoms with E-state index < -0.39 is 9.84 Å². The molecule has 1 saturated carbocycles. The Morgan fingerprint density at radius 1 is 1.57 bits per heavy atom. The molecule has 0 spiro atoms. The molecule has 0 bridgehead atoms. The van der Waals surface area contributed by atoms with Crippen molar-refractivity contribution in [2.24, 2.45) is 5.73 Å². The second kappa shape index (κ2) is 4.94. The zero-order chi connectivity index (χ0) is 10.6. The van der Waals surface area contributed by atoms with Gasteiger partial charge in [-0.15, -0.1) is 0 Å². The van der Waals surface area contributed by atoms with E-state index in [-0.39, 0.29) is 11.8 Å². The van der Waals surface area contributed by atoms with E-state index in [0.29, 0.717) is 6.42 Å². The summed E-state index contributed by atoms with van der Waals surface area (Å²) in [5.41, 5.74) is 7.16. The van der Waals surface area contributed by atoms with E-state index in [1.165, 1.54) is 11.8 Å². The number of hydrogen-bond donors (Lipinski definition) is 1. The Hall–Kier alpha value is -0.350. The van der Waals surface area contributed by atoms with Crippen LogP contribution in [-0.2, 0) is 9.84 Å². The molecular weight excluding hydrogens is 198 g/mol. The van der Waals surface area contributed by atoms with E-state index in [4.69, 9.17) is 5.73 Å². The van der Waals surface area contributed by atoms with E-state index in [9.17, 15) is 8.42 Å². The van der Waals surface area contributed by atoms with Gasteiger partial charge in [-0.25, -0.2) is 8.42 Å². The molecule has 1 aliphatic rings. The average Bonchev–Trinajstić information content (AvgIpc) is 2.01. The lowest BCUT2D eigenvalue weighted by Gasteiger charge is -2.20. The predicted molar refractivity (Wildman–Crippen MR) is 58.9 cm³/mol. The molecule has 0 radical (unpaired) electrons. The molecule has 3 nitrogen and oxygen atoms in total. The van der Waals surface area contributed by atoms with Gasteiger partial charge in [-0.05, 0) is 32.1 Å². The van der Waals surface area contributed by atoms with Crippen molar-refractivity contribution >= 4 is 9.84 Å². The third-order valence-electron chi connectivity index (χ3n) is 2.52. The Kier molecular flexibility index (Phi) is 4.13. The van der Waals surface area contributed by atoms with Gasteiger partial charge in [0.05, 0.1) is 5.75 Å². The van der Waals surface area contributed by atoms with Gasteiger partial charge in [0.2, 0.25) is 0 Å². The fourth-order valence-electron chi connectivity index (χ4n) is 1.79. The van der Waals surface area contributed by atoms with Crippen molar-refractivity contribution in [3.8, 4) is 0 Å². The second-order valence-corrected chi connectivity index (χ2v) is 6.40. The Morgan fingerprint density at radius 2 is 2.29 bits per heavy atom. The number of rotatable bonds is 3. The summed E-state index contributed by atoms with van der Waals surface area (Å²) in [7, 11) is -2.81. The zero-order valence-electron chi connectivity index (χ0n) is 8.70. The van der Waals surface area contributed by atoms with Crippen LogP contribution in [0.15, 0.2) is 11.6 Å². The lowest BCUT2D eigenvalue weighted by molar-refractivity contribution is 0.516. The number of hydrogen-bond acceptors (Lipinski definition) is 3. The molecule has 1 unspecified atom stereocenters. The third kappa shape index (κ3) is 4.77. The van der Waals surface area contributed by atoms with E-state index in [1.807, 2.05) is 0 Å². The SMILES string of the molecule is CS(=O)(=O)CCC=C1CCCC(N)C1. The van der Waals surface area contributed by atoms with Gasteiger partial charge in [0, 0.05) is 12.3 Å². The highest BCUT2D eigenvalue weighted by atomic mass is 32.2. The molecule has 0 aromatic rings. The zero-order valence-corrected chi connectivity index (χ0v) is 9.52. The van der Waals surface area contributed by atoms with Crippen molar-refractivity contribution < 1.29 is 8.42 Å². The minimum absolute atomic E-state index is 0.256. The van der Waals surface area contributed by atoms with Crippen LogP contribution < -0.4 is 5.73 Å². The summed E-state index contributed by atoms with van der Waals surface area (Å²) >= 11 is 0. The minimum atomic E-state index is -2.81. The predicted octanol–water partition coefficient (Wildman–Crippen LogP) is 1.25. The van der Waals surface area contributed by atoms with Crippen molar-refractivity contribution in [3.05, 3.63) is 11.6 Å². The second-order valence-electron chi connectivity index (χ2n) is 4.14. The van der Waals surface area contributed by atoms with E-state index in [0.717, 1.165) is 25.7 Å². The summed E-state index contributed by atoms with van der Waals surface area (Å²) in [5.74, 6) is 0.256. The highest BCUT2D eigenvalue weighted by Crippen LogP contribution is 2.22. The molecule has 1 atom stereocenters. The maximum Gasteiger partial charge on any atom is 0.147 e. The maximum atomic E-state index is 10.9. The molecule has 1 aliphatic carbocycles. The molecule has 14 heavy (non-hydrogen) atoms. The van der Waals surface area contributed by atoms with Crippen LogP contribution >= 0.6 is 0 Å². The first-order chi connectivity index (χ1) is 6.47. The Labute approximate surface area is 86.3 Å². The molecule has 2 N–H and O–H groups in total. The lowest BCUT2D eigenvalue weighted by atomic mass is 9.91. The van der Waals surface area contributed by atoms with Gasteiger partial charge in [-0.3, -0.25) is 0 Å². The molecule has 0 aromatic carbocycles. The molecule has 82 valence electrons. The van der Waals surface area contributed by atoms with Gasteiger partial charge < -0.3 is 5.73 Å². The summed E-state index contributed by atoms with van der Waals surface area (Å²) < 4.78 is 21.8.